The molecule has 0 saturated heterocycles. The number of aromatic amines is 1. The monoisotopic (exact) mass is 419 g/mol. The molecule has 1 fully saturated rings. The van der Waals surface area contributed by atoms with Crippen molar-refractivity contribution in [1.82, 2.24) is 15.2 Å². The summed E-state index contributed by atoms with van der Waals surface area (Å²) in [6.07, 6.45) is 4.66. The highest BCUT2D eigenvalue weighted by Crippen LogP contribution is 2.26. The average Bonchev–Trinajstić information content (AvgIpc) is 3.28. The summed E-state index contributed by atoms with van der Waals surface area (Å²) in [5.74, 6) is 0. The van der Waals surface area contributed by atoms with Crippen molar-refractivity contribution in [2.45, 2.75) is 58.2 Å². The van der Waals surface area contributed by atoms with Gasteiger partial charge in [0.1, 0.15) is 0 Å². The molecule has 30 heavy (non-hydrogen) atoms. The second kappa shape index (κ2) is 9.00. The maximum atomic E-state index is 12.9. The van der Waals surface area contributed by atoms with Crippen LogP contribution in [-0.4, -0.2) is 21.0 Å². The summed E-state index contributed by atoms with van der Waals surface area (Å²) in [7, 11) is 0. The molecule has 2 aromatic carbocycles. The van der Waals surface area contributed by atoms with Crippen LogP contribution in [0.15, 0.2) is 59.4 Å². The van der Waals surface area contributed by atoms with Gasteiger partial charge in [-0.25, -0.2) is 0 Å². The Morgan fingerprint density at radius 1 is 1.17 bits per heavy atom. The van der Waals surface area contributed by atoms with Crippen molar-refractivity contribution < 1.29 is 0 Å². The lowest BCUT2D eigenvalue weighted by Crippen LogP contribution is -2.46. The Balaban J connectivity index is 1.60. The quantitative estimate of drug-likeness (QED) is 0.557. The first-order valence-electron chi connectivity index (χ1n) is 10.8. The highest BCUT2D eigenvalue weighted by molar-refractivity contribution is 7.80. The number of hydrogen-bond donors (Lipinski definition) is 2. The molecule has 0 unspecified atom stereocenters. The van der Waals surface area contributed by atoms with Crippen molar-refractivity contribution >= 4 is 28.2 Å². The molecule has 5 heteroatoms. The van der Waals surface area contributed by atoms with Gasteiger partial charge >= 0.3 is 0 Å². The van der Waals surface area contributed by atoms with Crippen LogP contribution in [0, 0.1) is 6.92 Å². The number of pyridine rings is 1. The topological polar surface area (TPSA) is 48.1 Å². The van der Waals surface area contributed by atoms with Crippen molar-refractivity contribution in [3.8, 4) is 0 Å². The number of aromatic nitrogens is 1. The lowest BCUT2D eigenvalue weighted by Gasteiger charge is -2.33. The Morgan fingerprint density at radius 2 is 1.90 bits per heavy atom. The summed E-state index contributed by atoms with van der Waals surface area (Å²) in [5, 5.41) is 5.29. The second-order valence-corrected chi connectivity index (χ2v) is 8.70. The van der Waals surface area contributed by atoms with Gasteiger partial charge in [-0.3, -0.25) is 4.79 Å². The van der Waals surface area contributed by atoms with Crippen molar-refractivity contribution in [3.63, 3.8) is 0 Å². The van der Waals surface area contributed by atoms with Gasteiger partial charge in [-0.1, -0.05) is 61.4 Å². The zero-order valence-corrected chi connectivity index (χ0v) is 18.5. The number of fused-ring (bicyclic) bond motifs is 1. The maximum absolute atomic E-state index is 12.9. The number of H-pyrrole nitrogens is 1. The van der Waals surface area contributed by atoms with Crippen molar-refractivity contribution in [2.75, 3.05) is 0 Å². The van der Waals surface area contributed by atoms with E-state index in [1.165, 1.54) is 18.4 Å². The fourth-order valence-electron chi connectivity index (χ4n) is 4.41. The third-order valence-electron chi connectivity index (χ3n) is 6.17. The molecular weight excluding hydrogens is 390 g/mol. The Hall–Kier alpha value is -2.66. The molecule has 4 rings (SSSR count). The molecule has 1 aliphatic rings. The number of aryl methyl sites for hydroxylation is 1. The molecule has 1 aromatic heterocycles. The predicted octanol–water partition coefficient (Wildman–Crippen LogP) is 5.22. The minimum absolute atomic E-state index is 0.0290. The summed E-state index contributed by atoms with van der Waals surface area (Å²) >= 11 is 5.85. The van der Waals surface area contributed by atoms with Crippen molar-refractivity contribution in [3.05, 3.63) is 81.6 Å². The zero-order valence-electron chi connectivity index (χ0n) is 17.7. The van der Waals surface area contributed by atoms with E-state index in [1.54, 1.807) is 0 Å². The molecular formula is C25H29N3OS. The zero-order chi connectivity index (χ0) is 21.1. The number of para-hydroxylation sites is 1. The highest BCUT2D eigenvalue weighted by Gasteiger charge is 2.26. The molecule has 0 amide bonds. The summed E-state index contributed by atoms with van der Waals surface area (Å²) in [4.78, 5) is 18.2. The van der Waals surface area contributed by atoms with Gasteiger partial charge in [0.25, 0.3) is 5.56 Å². The van der Waals surface area contributed by atoms with Gasteiger partial charge in [0.05, 0.1) is 18.1 Å². The third-order valence-corrected chi connectivity index (χ3v) is 6.52. The van der Waals surface area contributed by atoms with E-state index in [-0.39, 0.29) is 11.6 Å². The van der Waals surface area contributed by atoms with Gasteiger partial charge < -0.3 is 15.2 Å². The molecule has 0 radical (unpaired) electrons. The predicted molar refractivity (Wildman–Crippen MR) is 128 cm³/mol. The fraction of sp³-hybridized carbons (Fsp3) is 0.360. The van der Waals surface area contributed by atoms with E-state index >= 15 is 0 Å². The van der Waals surface area contributed by atoms with Crippen LogP contribution in [0.4, 0.5) is 0 Å². The average molecular weight is 420 g/mol. The maximum Gasteiger partial charge on any atom is 0.253 e. The molecule has 156 valence electrons. The first-order chi connectivity index (χ1) is 14.5. The minimum atomic E-state index is -0.0290. The first-order valence-corrected chi connectivity index (χ1v) is 11.2. The Morgan fingerprint density at radius 3 is 2.63 bits per heavy atom. The first kappa shape index (κ1) is 20.6. The third kappa shape index (κ3) is 4.41. The van der Waals surface area contributed by atoms with Crippen LogP contribution < -0.4 is 10.9 Å². The van der Waals surface area contributed by atoms with E-state index in [0.717, 1.165) is 40.0 Å². The van der Waals surface area contributed by atoms with E-state index in [0.29, 0.717) is 12.6 Å². The molecule has 2 N–H and O–H groups in total. The summed E-state index contributed by atoms with van der Waals surface area (Å²) < 4.78 is 0. The summed E-state index contributed by atoms with van der Waals surface area (Å²) in [6, 6.07) is 18.9. The van der Waals surface area contributed by atoms with Crippen LogP contribution in [0.1, 0.15) is 55.3 Å². The molecule has 0 spiro atoms. The molecule has 1 saturated carbocycles. The largest absolute Gasteiger partial charge is 0.356 e. The van der Waals surface area contributed by atoms with E-state index in [1.807, 2.05) is 43.3 Å². The van der Waals surface area contributed by atoms with Gasteiger partial charge in [-0.2, -0.15) is 0 Å². The standard InChI is InChI=1S/C25H29N3OS/c1-17-9-8-12-20-15-21(24(29)27-23(17)20)16-28(22-13-6-7-14-22)25(30)26-18(2)19-10-4-3-5-11-19/h3-5,8-12,15,18,22H,6-7,13-14,16H2,1-2H3,(H,26,30)(H,27,29)/t18-/m1/s1. The second-order valence-electron chi connectivity index (χ2n) is 8.31. The number of nitrogens with zero attached hydrogens (tertiary/aromatic N) is 1. The van der Waals surface area contributed by atoms with E-state index in [9.17, 15) is 4.79 Å². The van der Waals surface area contributed by atoms with Gasteiger partial charge in [-0.15, -0.1) is 0 Å². The normalized spacial score (nSPS) is 15.3. The SMILES string of the molecule is Cc1cccc2cc(CN(C(=S)N[C@H](C)c3ccccc3)C3CCCC3)c(=O)[nH]c12. The van der Waals surface area contributed by atoms with E-state index in [2.05, 4.69) is 40.3 Å². The Kier molecular flexibility index (Phi) is 6.18. The summed E-state index contributed by atoms with van der Waals surface area (Å²) in [5.41, 5.74) is 3.93. The minimum Gasteiger partial charge on any atom is -0.356 e. The summed E-state index contributed by atoms with van der Waals surface area (Å²) in [6.45, 7) is 4.67. The molecule has 1 aliphatic carbocycles. The lowest BCUT2D eigenvalue weighted by atomic mass is 10.1. The Labute approximate surface area is 183 Å². The van der Waals surface area contributed by atoms with Gasteiger partial charge in [0, 0.05) is 11.6 Å². The van der Waals surface area contributed by atoms with Crippen LogP contribution in [0.25, 0.3) is 10.9 Å². The molecule has 3 aromatic rings. The lowest BCUT2D eigenvalue weighted by molar-refractivity contribution is 0.300. The van der Waals surface area contributed by atoms with E-state index in [4.69, 9.17) is 12.2 Å². The number of nitrogens with one attached hydrogen (secondary N) is 2. The van der Waals surface area contributed by atoms with Crippen molar-refractivity contribution in [2.24, 2.45) is 0 Å². The molecule has 4 nitrogen and oxygen atoms in total. The van der Waals surface area contributed by atoms with E-state index < -0.39 is 0 Å². The van der Waals surface area contributed by atoms with Crippen LogP contribution in [0.3, 0.4) is 0 Å². The Bertz CT molecular complexity index is 1090. The number of hydrogen-bond acceptors (Lipinski definition) is 2. The number of thiocarbonyl (C=S) groups is 1. The van der Waals surface area contributed by atoms with Crippen LogP contribution in [0.5, 0.6) is 0 Å². The number of rotatable bonds is 5. The fourth-order valence-corrected chi connectivity index (χ4v) is 4.80. The number of benzene rings is 2. The van der Waals surface area contributed by atoms with Crippen LogP contribution in [-0.2, 0) is 6.54 Å². The van der Waals surface area contributed by atoms with Crippen molar-refractivity contribution in [1.29, 1.82) is 0 Å². The smallest absolute Gasteiger partial charge is 0.253 e. The highest BCUT2D eigenvalue weighted by atomic mass is 32.1. The van der Waals surface area contributed by atoms with Crippen LogP contribution >= 0.6 is 12.2 Å². The molecule has 0 aliphatic heterocycles. The van der Waals surface area contributed by atoms with Gasteiger partial charge in [-0.05, 0) is 61.5 Å². The van der Waals surface area contributed by atoms with Gasteiger partial charge in [0.15, 0.2) is 5.11 Å². The molecule has 1 atom stereocenters. The molecule has 0 bridgehead atoms. The molecule has 1 heterocycles. The van der Waals surface area contributed by atoms with Crippen LogP contribution in [0.2, 0.25) is 0 Å². The van der Waals surface area contributed by atoms with Gasteiger partial charge in [0.2, 0.25) is 0 Å².